The van der Waals surface area contributed by atoms with Crippen LogP contribution in [0.4, 0.5) is 0 Å². The van der Waals surface area contributed by atoms with Crippen molar-refractivity contribution < 1.29 is 9.59 Å². The lowest BCUT2D eigenvalue weighted by molar-refractivity contribution is -0.108. The van der Waals surface area contributed by atoms with E-state index in [0.29, 0.717) is 25.7 Å². The maximum absolute atomic E-state index is 10.9. The predicted octanol–water partition coefficient (Wildman–Crippen LogP) is 9.78. The Morgan fingerprint density at radius 2 is 0.870 bits per heavy atom. The molecule has 0 atom stereocenters. The van der Waals surface area contributed by atoms with Crippen molar-refractivity contribution in [2.24, 2.45) is 0 Å². The first kappa shape index (κ1) is 30.0. The van der Waals surface area contributed by atoms with Crippen LogP contribution >= 0.6 is 31.9 Å². The summed E-state index contributed by atoms with van der Waals surface area (Å²) in [5.74, 6) is 0. The van der Waals surface area contributed by atoms with E-state index >= 15 is 0 Å². The Bertz CT molecular complexity index is 2050. The molecule has 6 nitrogen and oxygen atoms in total. The number of fused-ring (bicyclic) bond motifs is 8. The minimum atomic E-state index is 0.503. The third kappa shape index (κ3) is 5.86. The summed E-state index contributed by atoms with van der Waals surface area (Å²) in [6, 6.07) is 24.9. The largest absolute Gasteiger partial charge is 0.354 e. The standard InChI is InChI=1S/C38H28Br2N4O2/c39-37-31-17-13-27(41-31)35(25-9-5-23(6-10-25)3-1-21-45)28-14-18-32(42-28)38(40)34-20-16-30(44-34)36(29-15-19-33(37)43-29)26-11-7-24(8-12-26)4-2-22-46/h5-22,41,44H,1-4H2. The lowest BCUT2D eigenvalue weighted by Gasteiger charge is -2.06. The van der Waals surface area contributed by atoms with Gasteiger partial charge in [0.2, 0.25) is 0 Å². The molecule has 0 spiro atoms. The van der Waals surface area contributed by atoms with Crippen LogP contribution in [-0.2, 0) is 22.4 Å². The van der Waals surface area contributed by atoms with Gasteiger partial charge in [-0.1, -0.05) is 48.5 Å². The number of rotatable bonds is 8. The minimum absolute atomic E-state index is 0.503. The van der Waals surface area contributed by atoms with E-state index in [4.69, 9.17) is 9.97 Å². The number of benzene rings is 2. The number of aromatic amines is 2. The van der Waals surface area contributed by atoms with Gasteiger partial charge in [-0.25, -0.2) is 9.97 Å². The number of carbonyl (C=O) groups excluding carboxylic acids is 2. The van der Waals surface area contributed by atoms with Crippen molar-refractivity contribution in [2.75, 3.05) is 0 Å². The molecule has 226 valence electrons. The Balaban J connectivity index is 1.48. The zero-order valence-corrected chi connectivity index (χ0v) is 27.9. The molecule has 8 heteroatoms. The zero-order valence-electron chi connectivity index (χ0n) is 24.7. The van der Waals surface area contributed by atoms with Gasteiger partial charge in [0.1, 0.15) is 12.6 Å². The summed E-state index contributed by atoms with van der Waals surface area (Å²) < 4.78 is 1.70. The van der Waals surface area contributed by atoms with E-state index in [1.165, 1.54) is 0 Å². The maximum atomic E-state index is 10.9. The second-order valence-electron chi connectivity index (χ2n) is 11.2. The Morgan fingerprint density at radius 3 is 1.26 bits per heavy atom. The minimum Gasteiger partial charge on any atom is -0.354 e. The monoisotopic (exact) mass is 730 g/mol. The highest BCUT2D eigenvalue weighted by molar-refractivity contribution is 9.11. The number of nitrogens with zero attached hydrogens (tertiary/aromatic N) is 2. The van der Waals surface area contributed by atoms with E-state index in [2.05, 4.69) is 115 Å². The van der Waals surface area contributed by atoms with E-state index in [0.717, 1.165) is 99.7 Å². The summed E-state index contributed by atoms with van der Waals surface area (Å²) in [5.41, 5.74) is 13.2. The Labute approximate surface area is 282 Å². The molecular weight excluding hydrogens is 704 g/mol. The van der Waals surface area contributed by atoms with Gasteiger partial charge in [-0.05, 0) is 116 Å². The molecule has 46 heavy (non-hydrogen) atoms. The molecule has 0 unspecified atom stereocenters. The smallest absolute Gasteiger partial charge is 0.120 e. The third-order valence-electron chi connectivity index (χ3n) is 8.21. The first-order valence-corrected chi connectivity index (χ1v) is 16.6. The molecule has 3 aromatic heterocycles. The second-order valence-corrected chi connectivity index (χ2v) is 12.8. The maximum Gasteiger partial charge on any atom is 0.120 e. The fraction of sp³-hybridized carbons (Fsp3) is 0.105. The van der Waals surface area contributed by atoms with Gasteiger partial charge in [0.05, 0.1) is 42.8 Å². The van der Waals surface area contributed by atoms with Crippen LogP contribution < -0.4 is 0 Å². The topological polar surface area (TPSA) is 91.5 Å². The number of aldehydes is 2. The average molecular weight is 732 g/mol. The molecule has 0 saturated carbocycles. The number of aromatic nitrogens is 4. The molecule has 0 aliphatic carbocycles. The lowest BCUT2D eigenvalue weighted by Crippen LogP contribution is -1.89. The van der Waals surface area contributed by atoms with Gasteiger partial charge in [-0.2, -0.15) is 0 Å². The van der Waals surface area contributed by atoms with Crippen LogP contribution in [0.2, 0.25) is 0 Å². The summed E-state index contributed by atoms with van der Waals surface area (Å²) in [6.45, 7) is 0. The zero-order chi connectivity index (χ0) is 31.6. The molecule has 7 rings (SSSR count). The van der Waals surface area contributed by atoms with Gasteiger partial charge < -0.3 is 19.6 Å². The highest BCUT2D eigenvalue weighted by Crippen LogP contribution is 2.36. The lowest BCUT2D eigenvalue weighted by atomic mass is 10.0. The summed E-state index contributed by atoms with van der Waals surface area (Å²) >= 11 is 7.68. The first-order chi connectivity index (χ1) is 22.5. The molecule has 8 bridgehead atoms. The third-order valence-corrected chi connectivity index (χ3v) is 9.88. The van der Waals surface area contributed by atoms with Crippen molar-refractivity contribution in [3.63, 3.8) is 0 Å². The number of H-pyrrole nitrogens is 2. The van der Waals surface area contributed by atoms with Crippen molar-refractivity contribution in [3.8, 4) is 22.3 Å². The number of aryl methyl sites for hydroxylation is 2. The Hall–Kier alpha value is -4.66. The van der Waals surface area contributed by atoms with Gasteiger partial charge in [-0.15, -0.1) is 0 Å². The van der Waals surface area contributed by atoms with Gasteiger partial charge >= 0.3 is 0 Å². The van der Waals surface area contributed by atoms with E-state index < -0.39 is 0 Å². The number of halogens is 2. The predicted molar refractivity (Wildman–Crippen MR) is 194 cm³/mol. The number of nitrogens with one attached hydrogen (secondary N) is 2. The second kappa shape index (κ2) is 13.0. The Morgan fingerprint density at radius 1 is 0.500 bits per heavy atom. The van der Waals surface area contributed by atoms with Gasteiger partial charge in [0.25, 0.3) is 0 Å². The fourth-order valence-electron chi connectivity index (χ4n) is 5.87. The van der Waals surface area contributed by atoms with Crippen LogP contribution in [-0.4, -0.2) is 32.5 Å². The van der Waals surface area contributed by atoms with Crippen molar-refractivity contribution in [3.05, 3.63) is 116 Å². The van der Waals surface area contributed by atoms with Crippen molar-refractivity contribution in [1.82, 2.24) is 19.9 Å². The van der Waals surface area contributed by atoms with Crippen LogP contribution in [0.1, 0.15) is 46.7 Å². The molecule has 0 fully saturated rings. The normalized spacial score (nSPS) is 12.0. The van der Waals surface area contributed by atoms with Crippen molar-refractivity contribution in [2.45, 2.75) is 25.7 Å². The summed E-state index contributed by atoms with van der Waals surface area (Å²) in [6.07, 6.45) is 12.5. The highest BCUT2D eigenvalue weighted by Gasteiger charge is 2.16. The SMILES string of the molecule is O=CCCc1ccc(-c2c3nc(c(Br)c4ccc([nH]4)c(-c4ccc(CCC=O)cc4)c4nc(c(Br)c5ccc2[nH]5)C=C4)C=C3)cc1. The van der Waals surface area contributed by atoms with Gasteiger partial charge in [0.15, 0.2) is 0 Å². The van der Waals surface area contributed by atoms with Crippen LogP contribution in [0.5, 0.6) is 0 Å². The van der Waals surface area contributed by atoms with Crippen LogP contribution in [0.25, 0.3) is 68.6 Å². The molecule has 2 N–H and O–H groups in total. The number of carbonyl (C=O) groups is 2. The van der Waals surface area contributed by atoms with E-state index in [9.17, 15) is 9.59 Å². The highest BCUT2D eigenvalue weighted by atomic mass is 79.9. The molecule has 2 aliphatic heterocycles. The van der Waals surface area contributed by atoms with Gasteiger partial charge in [-0.3, -0.25) is 0 Å². The van der Waals surface area contributed by atoms with Crippen molar-refractivity contribution in [1.29, 1.82) is 0 Å². The summed E-state index contributed by atoms with van der Waals surface area (Å²) in [5, 5.41) is 0. The van der Waals surface area contributed by atoms with E-state index in [1.54, 1.807) is 0 Å². The Kier molecular flexibility index (Phi) is 8.47. The molecule has 5 heterocycles. The van der Waals surface area contributed by atoms with Crippen LogP contribution in [0, 0.1) is 0 Å². The average Bonchev–Trinajstić information content (AvgIpc) is 3.92. The molecule has 5 aromatic rings. The fourth-order valence-corrected chi connectivity index (χ4v) is 6.78. The molecule has 0 amide bonds. The molecule has 2 aromatic carbocycles. The molecular formula is C38H28Br2N4O2. The number of hydrogen-bond acceptors (Lipinski definition) is 4. The van der Waals surface area contributed by atoms with Gasteiger partial charge in [0, 0.05) is 35.0 Å². The first-order valence-electron chi connectivity index (χ1n) is 15.1. The quantitative estimate of drug-likeness (QED) is 0.152. The molecule has 0 saturated heterocycles. The molecule has 0 radical (unpaired) electrons. The van der Waals surface area contributed by atoms with Crippen LogP contribution in [0.3, 0.4) is 0 Å². The summed E-state index contributed by atoms with van der Waals surface area (Å²) in [7, 11) is 0. The van der Waals surface area contributed by atoms with Crippen molar-refractivity contribution >= 4 is 90.8 Å². The van der Waals surface area contributed by atoms with E-state index in [-0.39, 0.29) is 0 Å². The van der Waals surface area contributed by atoms with Crippen LogP contribution in [0.15, 0.2) is 81.7 Å². The molecule has 2 aliphatic rings. The summed E-state index contributed by atoms with van der Waals surface area (Å²) in [4.78, 5) is 39.2. The number of hydrogen-bond donors (Lipinski definition) is 2. The van der Waals surface area contributed by atoms with E-state index in [1.807, 2.05) is 24.3 Å².